The van der Waals surface area contributed by atoms with E-state index in [1.54, 1.807) is 0 Å². The second-order valence-corrected chi connectivity index (χ2v) is 5.11. The van der Waals surface area contributed by atoms with Crippen molar-refractivity contribution in [2.24, 2.45) is 0 Å². The van der Waals surface area contributed by atoms with Gasteiger partial charge in [0.1, 0.15) is 5.76 Å². The Balaban J connectivity index is 2.15. The molecule has 0 saturated carbocycles. The van der Waals surface area contributed by atoms with E-state index in [1.807, 2.05) is 13.8 Å². The van der Waals surface area contributed by atoms with Crippen LogP contribution in [-0.4, -0.2) is 35.8 Å². The number of carbonyl (C=O) groups is 2. The zero-order valence-corrected chi connectivity index (χ0v) is 12.2. The Kier molecular flexibility index (Phi) is 6.41. The molecule has 0 spiro atoms. The first kappa shape index (κ1) is 15.6. The quantitative estimate of drug-likeness (QED) is 0.723. The molecule has 1 aromatic rings. The number of aryl methyl sites for hydroxylation is 2. The molecule has 19 heavy (non-hydrogen) atoms. The number of nitrogens with zero attached hydrogens (tertiary/aromatic N) is 1. The first-order chi connectivity index (χ1) is 9.00. The second-order valence-electron chi connectivity index (χ2n) is 4.13. The molecule has 0 aliphatic carbocycles. The van der Waals surface area contributed by atoms with Gasteiger partial charge in [-0.25, -0.2) is 0 Å². The van der Waals surface area contributed by atoms with E-state index in [-0.39, 0.29) is 11.8 Å². The molecule has 0 aliphatic rings. The lowest BCUT2D eigenvalue weighted by Crippen LogP contribution is -2.34. The third-order valence-electron chi connectivity index (χ3n) is 2.48. The van der Waals surface area contributed by atoms with Crippen molar-refractivity contribution < 1.29 is 14.1 Å². The predicted octanol–water partition coefficient (Wildman–Crippen LogP) is 0.777. The van der Waals surface area contributed by atoms with Gasteiger partial charge in [0.05, 0.1) is 11.4 Å². The summed E-state index contributed by atoms with van der Waals surface area (Å²) in [5, 5.41) is 9.21. The summed E-state index contributed by atoms with van der Waals surface area (Å²) < 4.78 is 5.05. The minimum atomic E-state index is -0.0953. The first-order valence-electron chi connectivity index (χ1n) is 6.01. The minimum absolute atomic E-state index is 0.0397. The molecule has 0 bridgehead atoms. The SMILES string of the molecule is CC(=O)NCCNC(=O)CSCc1c(C)noc1C. The van der Waals surface area contributed by atoms with Crippen LogP contribution in [0, 0.1) is 13.8 Å². The summed E-state index contributed by atoms with van der Waals surface area (Å²) in [7, 11) is 0. The van der Waals surface area contributed by atoms with Crippen LogP contribution >= 0.6 is 11.8 Å². The summed E-state index contributed by atoms with van der Waals surface area (Å²) >= 11 is 1.51. The molecule has 1 heterocycles. The maximum absolute atomic E-state index is 11.5. The fourth-order valence-corrected chi connectivity index (χ4v) is 2.45. The zero-order chi connectivity index (χ0) is 14.3. The summed E-state index contributed by atoms with van der Waals surface area (Å²) in [6.45, 7) is 6.10. The van der Waals surface area contributed by atoms with Crippen molar-refractivity contribution in [3.05, 3.63) is 17.0 Å². The third-order valence-corrected chi connectivity index (χ3v) is 3.44. The number of aromatic nitrogens is 1. The molecule has 6 nitrogen and oxygen atoms in total. The van der Waals surface area contributed by atoms with Crippen LogP contribution in [0.5, 0.6) is 0 Å². The van der Waals surface area contributed by atoms with E-state index in [1.165, 1.54) is 18.7 Å². The van der Waals surface area contributed by atoms with Crippen molar-refractivity contribution in [2.45, 2.75) is 26.5 Å². The molecule has 1 rings (SSSR count). The zero-order valence-electron chi connectivity index (χ0n) is 11.4. The van der Waals surface area contributed by atoms with Gasteiger partial charge in [-0.15, -0.1) is 11.8 Å². The molecule has 2 amide bonds. The van der Waals surface area contributed by atoms with Gasteiger partial charge in [0.15, 0.2) is 0 Å². The Morgan fingerprint density at radius 3 is 2.53 bits per heavy atom. The average Bonchev–Trinajstić information content (AvgIpc) is 2.66. The van der Waals surface area contributed by atoms with E-state index in [0.29, 0.717) is 24.6 Å². The van der Waals surface area contributed by atoms with Crippen LogP contribution in [0.3, 0.4) is 0 Å². The highest BCUT2D eigenvalue weighted by molar-refractivity contribution is 7.99. The lowest BCUT2D eigenvalue weighted by atomic mass is 10.2. The van der Waals surface area contributed by atoms with Gasteiger partial charge in [-0.05, 0) is 13.8 Å². The number of hydrogen-bond acceptors (Lipinski definition) is 5. The molecule has 106 valence electrons. The average molecular weight is 285 g/mol. The predicted molar refractivity (Wildman–Crippen MR) is 73.8 cm³/mol. The topological polar surface area (TPSA) is 84.2 Å². The number of rotatable bonds is 7. The molecule has 1 aromatic heterocycles. The van der Waals surface area contributed by atoms with Crippen molar-refractivity contribution in [2.75, 3.05) is 18.8 Å². The van der Waals surface area contributed by atoms with E-state index >= 15 is 0 Å². The Morgan fingerprint density at radius 1 is 1.26 bits per heavy atom. The van der Waals surface area contributed by atoms with Crippen molar-refractivity contribution >= 4 is 23.6 Å². The van der Waals surface area contributed by atoms with E-state index in [0.717, 1.165) is 17.0 Å². The van der Waals surface area contributed by atoms with Gasteiger partial charge in [-0.2, -0.15) is 0 Å². The Hall–Kier alpha value is -1.50. The van der Waals surface area contributed by atoms with E-state index in [9.17, 15) is 9.59 Å². The molecule has 2 N–H and O–H groups in total. The van der Waals surface area contributed by atoms with Crippen molar-refractivity contribution in [3.63, 3.8) is 0 Å². The van der Waals surface area contributed by atoms with Gasteiger partial charge in [0, 0.05) is 31.3 Å². The molecular formula is C12H19N3O3S. The highest BCUT2D eigenvalue weighted by Crippen LogP contribution is 2.18. The molecular weight excluding hydrogens is 266 g/mol. The molecule has 0 saturated heterocycles. The highest BCUT2D eigenvalue weighted by Gasteiger charge is 2.09. The van der Waals surface area contributed by atoms with E-state index < -0.39 is 0 Å². The van der Waals surface area contributed by atoms with E-state index in [2.05, 4.69) is 15.8 Å². The summed E-state index contributed by atoms with van der Waals surface area (Å²) in [5.41, 5.74) is 1.92. The molecule has 0 radical (unpaired) electrons. The summed E-state index contributed by atoms with van der Waals surface area (Å²) in [4.78, 5) is 22.1. The van der Waals surface area contributed by atoms with Crippen LogP contribution in [0.2, 0.25) is 0 Å². The monoisotopic (exact) mass is 285 g/mol. The lowest BCUT2D eigenvalue weighted by Gasteiger charge is -2.05. The Labute approximate surface area is 116 Å². The molecule has 0 fully saturated rings. The van der Waals surface area contributed by atoms with Crippen LogP contribution in [0.1, 0.15) is 23.9 Å². The summed E-state index contributed by atoms with van der Waals surface area (Å²) in [6, 6.07) is 0. The van der Waals surface area contributed by atoms with Crippen LogP contribution in [0.15, 0.2) is 4.52 Å². The van der Waals surface area contributed by atoms with E-state index in [4.69, 9.17) is 4.52 Å². The normalized spacial score (nSPS) is 10.3. The summed E-state index contributed by atoms with van der Waals surface area (Å²) in [6.07, 6.45) is 0. The van der Waals surface area contributed by atoms with Gasteiger partial charge in [0.2, 0.25) is 11.8 Å². The Morgan fingerprint density at radius 2 is 1.95 bits per heavy atom. The third kappa shape index (κ3) is 5.78. The smallest absolute Gasteiger partial charge is 0.230 e. The van der Waals surface area contributed by atoms with Crippen LogP contribution in [0.4, 0.5) is 0 Å². The van der Waals surface area contributed by atoms with Crippen molar-refractivity contribution in [3.8, 4) is 0 Å². The van der Waals surface area contributed by atoms with Crippen molar-refractivity contribution in [1.29, 1.82) is 0 Å². The number of carbonyl (C=O) groups excluding carboxylic acids is 2. The largest absolute Gasteiger partial charge is 0.361 e. The lowest BCUT2D eigenvalue weighted by molar-refractivity contribution is -0.120. The van der Waals surface area contributed by atoms with Gasteiger partial charge >= 0.3 is 0 Å². The van der Waals surface area contributed by atoms with Crippen LogP contribution < -0.4 is 10.6 Å². The van der Waals surface area contributed by atoms with Gasteiger partial charge in [0.25, 0.3) is 0 Å². The maximum atomic E-state index is 11.5. The number of amides is 2. The second kappa shape index (κ2) is 7.83. The van der Waals surface area contributed by atoms with Gasteiger partial charge in [-0.1, -0.05) is 5.16 Å². The molecule has 0 aromatic carbocycles. The number of nitrogens with one attached hydrogen (secondary N) is 2. The standard InChI is InChI=1S/C12H19N3O3S/c1-8-11(9(2)18-15-8)6-19-7-12(17)14-5-4-13-10(3)16/h4-7H2,1-3H3,(H,13,16)(H,14,17). The van der Waals surface area contributed by atoms with Gasteiger partial charge < -0.3 is 15.2 Å². The van der Waals surface area contributed by atoms with Crippen LogP contribution in [-0.2, 0) is 15.3 Å². The summed E-state index contributed by atoms with van der Waals surface area (Å²) in [5.74, 6) is 1.75. The molecule has 0 unspecified atom stereocenters. The van der Waals surface area contributed by atoms with Gasteiger partial charge in [-0.3, -0.25) is 9.59 Å². The highest BCUT2D eigenvalue weighted by atomic mass is 32.2. The minimum Gasteiger partial charge on any atom is -0.361 e. The fourth-order valence-electron chi connectivity index (χ4n) is 1.45. The molecule has 0 aliphatic heterocycles. The number of thioether (sulfide) groups is 1. The van der Waals surface area contributed by atoms with Crippen molar-refractivity contribution in [1.82, 2.24) is 15.8 Å². The number of hydrogen-bond donors (Lipinski definition) is 2. The van der Waals surface area contributed by atoms with Crippen LogP contribution in [0.25, 0.3) is 0 Å². The molecule has 7 heteroatoms. The first-order valence-corrected chi connectivity index (χ1v) is 7.16. The maximum Gasteiger partial charge on any atom is 0.230 e. The Bertz CT molecular complexity index is 426. The molecule has 0 atom stereocenters. The fraction of sp³-hybridized carbons (Fsp3) is 0.583.